The van der Waals surface area contributed by atoms with Crippen LogP contribution in [0.25, 0.3) is 0 Å². The van der Waals surface area contributed by atoms with E-state index in [0.29, 0.717) is 23.6 Å². The third-order valence-corrected chi connectivity index (χ3v) is 4.94. The van der Waals surface area contributed by atoms with E-state index in [9.17, 15) is 9.59 Å². The second-order valence-corrected chi connectivity index (χ2v) is 7.35. The maximum absolute atomic E-state index is 12.3. The maximum atomic E-state index is 12.3. The molecule has 0 atom stereocenters. The highest BCUT2D eigenvalue weighted by atomic mass is 35.5. The van der Waals surface area contributed by atoms with Crippen molar-refractivity contribution in [3.63, 3.8) is 0 Å². The van der Waals surface area contributed by atoms with E-state index < -0.39 is 5.97 Å². The van der Waals surface area contributed by atoms with Gasteiger partial charge in [0.1, 0.15) is 5.01 Å². The van der Waals surface area contributed by atoms with E-state index in [4.69, 9.17) is 16.7 Å². The summed E-state index contributed by atoms with van der Waals surface area (Å²) in [5, 5.41) is 21.2. The summed E-state index contributed by atoms with van der Waals surface area (Å²) in [5.74, 6) is -1.16. The number of aliphatic carboxylic acids is 1. The molecule has 0 spiro atoms. The van der Waals surface area contributed by atoms with Gasteiger partial charge in [0.2, 0.25) is 5.01 Å². The average Bonchev–Trinajstić information content (AvgIpc) is 3.12. The minimum atomic E-state index is -0.835. The minimum absolute atomic E-state index is 0.0763. The molecule has 2 aromatic carbocycles. The smallest absolute Gasteiger partial charge is 0.303 e. The Labute approximate surface area is 164 Å². The van der Waals surface area contributed by atoms with Crippen molar-refractivity contribution in [3.05, 3.63) is 74.7 Å². The standard InChI is InChI=1S/C19H16ClN3O3S/c20-14-6-1-13(2-7-14)11-16-22-23-19(27-16)18(26)21-15-8-3-12(4-9-15)5-10-17(24)25/h1-4,6-9H,5,10-11H2,(H,21,26)(H,24,25). The van der Waals surface area contributed by atoms with Crippen LogP contribution in [-0.2, 0) is 17.6 Å². The Morgan fingerprint density at radius 2 is 1.67 bits per heavy atom. The van der Waals surface area contributed by atoms with Crippen molar-refractivity contribution >= 4 is 40.5 Å². The summed E-state index contributed by atoms with van der Waals surface area (Å²) in [7, 11) is 0. The number of nitrogens with one attached hydrogen (secondary N) is 1. The lowest BCUT2D eigenvalue weighted by atomic mass is 10.1. The molecule has 0 unspecified atom stereocenters. The zero-order valence-corrected chi connectivity index (χ0v) is 15.8. The summed E-state index contributed by atoms with van der Waals surface area (Å²) in [4.78, 5) is 22.9. The first kappa shape index (κ1) is 19.0. The molecular weight excluding hydrogens is 386 g/mol. The third-order valence-electron chi connectivity index (χ3n) is 3.77. The Morgan fingerprint density at radius 1 is 1.00 bits per heavy atom. The highest BCUT2D eigenvalue weighted by Crippen LogP contribution is 2.18. The molecule has 6 nitrogen and oxygen atoms in total. The predicted octanol–water partition coefficient (Wildman–Crippen LogP) is 4.05. The molecule has 138 valence electrons. The second-order valence-electron chi connectivity index (χ2n) is 5.85. The Hall–Kier alpha value is -2.77. The Balaban J connectivity index is 1.59. The molecule has 1 heterocycles. The maximum Gasteiger partial charge on any atom is 0.303 e. The first-order chi connectivity index (χ1) is 13.0. The fraction of sp³-hybridized carbons (Fsp3) is 0.158. The van der Waals surface area contributed by atoms with Crippen molar-refractivity contribution in [1.82, 2.24) is 10.2 Å². The number of amides is 1. The van der Waals surface area contributed by atoms with Crippen LogP contribution in [0.5, 0.6) is 0 Å². The molecule has 3 rings (SSSR count). The molecular formula is C19H16ClN3O3S. The number of carboxylic acid groups (broad SMARTS) is 1. The number of carboxylic acids is 1. The van der Waals surface area contributed by atoms with E-state index >= 15 is 0 Å². The zero-order chi connectivity index (χ0) is 19.2. The average molecular weight is 402 g/mol. The molecule has 0 aliphatic heterocycles. The highest BCUT2D eigenvalue weighted by molar-refractivity contribution is 7.13. The van der Waals surface area contributed by atoms with Crippen molar-refractivity contribution in [2.45, 2.75) is 19.3 Å². The van der Waals surface area contributed by atoms with E-state index in [0.717, 1.165) is 16.1 Å². The number of hydrogen-bond acceptors (Lipinski definition) is 5. The summed E-state index contributed by atoms with van der Waals surface area (Å²) in [6, 6.07) is 14.5. The molecule has 8 heteroatoms. The van der Waals surface area contributed by atoms with Gasteiger partial charge in [0.05, 0.1) is 0 Å². The number of aryl methyl sites for hydroxylation is 1. The van der Waals surface area contributed by atoms with Gasteiger partial charge in [-0.1, -0.05) is 47.2 Å². The molecule has 0 bridgehead atoms. The van der Waals surface area contributed by atoms with Crippen molar-refractivity contribution in [3.8, 4) is 0 Å². The molecule has 0 saturated heterocycles. The molecule has 3 aromatic rings. The van der Waals surface area contributed by atoms with Gasteiger partial charge in [-0.3, -0.25) is 9.59 Å². The molecule has 2 N–H and O–H groups in total. The summed E-state index contributed by atoms with van der Waals surface area (Å²) in [5.41, 5.74) is 2.56. The van der Waals surface area contributed by atoms with Gasteiger partial charge in [0.25, 0.3) is 5.91 Å². The molecule has 0 radical (unpaired) electrons. The molecule has 0 fully saturated rings. The van der Waals surface area contributed by atoms with E-state index in [2.05, 4.69) is 15.5 Å². The summed E-state index contributed by atoms with van der Waals surface area (Å²) in [6.45, 7) is 0. The van der Waals surface area contributed by atoms with Gasteiger partial charge in [-0.05, 0) is 41.8 Å². The Morgan fingerprint density at radius 3 is 2.33 bits per heavy atom. The van der Waals surface area contributed by atoms with E-state index in [1.165, 1.54) is 11.3 Å². The molecule has 0 aliphatic rings. The normalized spacial score (nSPS) is 10.6. The second kappa shape index (κ2) is 8.75. The molecule has 27 heavy (non-hydrogen) atoms. The zero-order valence-electron chi connectivity index (χ0n) is 14.2. The first-order valence-electron chi connectivity index (χ1n) is 8.18. The van der Waals surface area contributed by atoms with Gasteiger partial charge in [-0.15, -0.1) is 10.2 Å². The SMILES string of the molecule is O=C(O)CCc1ccc(NC(=O)c2nnc(Cc3ccc(Cl)cc3)s2)cc1. The van der Waals surface area contributed by atoms with Crippen LogP contribution < -0.4 is 5.32 Å². The van der Waals surface area contributed by atoms with Crippen LogP contribution in [0.3, 0.4) is 0 Å². The minimum Gasteiger partial charge on any atom is -0.481 e. The Bertz CT molecular complexity index is 940. The van der Waals surface area contributed by atoms with Gasteiger partial charge in [0, 0.05) is 23.6 Å². The van der Waals surface area contributed by atoms with Crippen molar-refractivity contribution in [2.24, 2.45) is 0 Å². The number of carbonyl (C=O) groups is 2. The largest absolute Gasteiger partial charge is 0.481 e. The van der Waals surface area contributed by atoms with Gasteiger partial charge < -0.3 is 10.4 Å². The topological polar surface area (TPSA) is 92.2 Å². The van der Waals surface area contributed by atoms with Gasteiger partial charge in [-0.25, -0.2) is 0 Å². The third kappa shape index (κ3) is 5.60. The van der Waals surface area contributed by atoms with E-state index in [1.54, 1.807) is 24.3 Å². The molecule has 1 amide bonds. The number of rotatable bonds is 7. The number of benzene rings is 2. The first-order valence-corrected chi connectivity index (χ1v) is 9.38. The number of aromatic nitrogens is 2. The number of anilines is 1. The van der Waals surface area contributed by atoms with Crippen LogP contribution in [-0.4, -0.2) is 27.2 Å². The molecule has 0 saturated carbocycles. The van der Waals surface area contributed by atoms with Crippen LogP contribution in [0.2, 0.25) is 5.02 Å². The fourth-order valence-corrected chi connectivity index (χ4v) is 3.28. The number of hydrogen-bond donors (Lipinski definition) is 2. The lowest BCUT2D eigenvalue weighted by molar-refractivity contribution is -0.136. The van der Waals surface area contributed by atoms with E-state index in [-0.39, 0.29) is 17.3 Å². The van der Waals surface area contributed by atoms with Gasteiger partial charge in [-0.2, -0.15) is 0 Å². The number of halogens is 1. The van der Waals surface area contributed by atoms with Gasteiger partial charge in [0.15, 0.2) is 0 Å². The lowest BCUT2D eigenvalue weighted by Crippen LogP contribution is -2.11. The van der Waals surface area contributed by atoms with E-state index in [1.807, 2.05) is 24.3 Å². The molecule has 0 aliphatic carbocycles. The van der Waals surface area contributed by atoms with Gasteiger partial charge >= 0.3 is 5.97 Å². The quantitative estimate of drug-likeness (QED) is 0.623. The lowest BCUT2D eigenvalue weighted by Gasteiger charge is -2.04. The Kier molecular flexibility index (Phi) is 6.16. The number of nitrogens with zero attached hydrogens (tertiary/aromatic N) is 2. The monoisotopic (exact) mass is 401 g/mol. The summed E-state index contributed by atoms with van der Waals surface area (Å²) < 4.78 is 0. The highest BCUT2D eigenvalue weighted by Gasteiger charge is 2.13. The summed E-state index contributed by atoms with van der Waals surface area (Å²) >= 11 is 7.12. The van der Waals surface area contributed by atoms with Crippen molar-refractivity contribution in [1.29, 1.82) is 0 Å². The van der Waals surface area contributed by atoms with Crippen molar-refractivity contribution < 1.29 is 14.7 Å². The van der Waals surface area contributed by atoms with Crippen molar-refractivity contribution in [2.75, 3.05) is 5.32 Å². The summed E-state index contributed by atoms with van der Waals surface area (Å²) in [6.07, 6.45) is 1.11. The van der Waals surface area contributed by atoms with Crippen LogP contribution in [0.15, 0.2) is 48.5 Å². The molecule has 1 aromatic heterocycles. The fourth-order valence-electron chi connectivity index (χ4n) is 2.38. The predicted molar refractivity (Wildman–Crippen MR) is 105 cm³/mol. The number of carbonyl (C=O) groups excluding carboxylic acids is 1. The van der Waals surface area contributed by atoms with Crippen LogP contribution in [0, 0.1) is 0 Å². The van der Waals surface area contributed by atoms with Crippen LogP contribution in [0.1, 0.15) is 32.4 Å². The van der Waals surface area contributed by atoms with Crippen LogP contribution >= 0.6 is 22.9 Å². The van der Waals surface area contributed by atoms with Crippen LogP contribution in [0.4, 0.5) is 5.69 Å².